The number of ether oxygens (including phenoxy) is 1. The van der Waals surface area contributed by atoms with Gasteiger partial charge >= 0.3 is 6.09 Å². The van der Waals surface area contributed by atoms with Crippen LogP contribution in [0.3, 0.4) is 0 Å². The number of hydrogen-bond donors (Lipinski definition) is 0. The van der Waals surface area contributed by atoms with Crippen molar-refractivity contribution in [1.82, 2.24) is 4.90 Å². The van der Waals surface area contributed by atoms with Crippen LogP contribution >= 0.6 is 0 Å². The fourth-order valence-electron chi connectivity index (χ4n) is 4.29. The highest BCUT2D eigenvalue weighted by Crippen LogP contribution is 2.50. The molecular formula is C17H23N3O2. The molecule has 118 valence electrons. The normalized spacial score (nSPS) is 25.8. The molecule has 1 aromatic carbocycles. The lowest BCUT2D eigenvalue weighted by Crippen LogP contribution is -2.50. The van der Waals surface area contributed by atoms with Crippen LogP contribution in [0.15, 0.2) is 18.2 Å². The van der Waals surface area contributed by atoms with Crippen LogP contribution < -0.4 is 9.80 Å². The van der Waals surface area contributed by atoms with Gasteiger partial charge in [0.15, 0.2) is 0 Å². The van der Waals surface area contributed by atoms with E-state index in [2.05, 4.69) is 35.0 Å². The molecule has 3 aliphatic rings. The van der Waals surface area contributed by atoms with Crippen molar-refractivity contribution in [3.8, 4) is 0 Å². The van der Waals surface area contributed by atoms with Gasteiger partial charge in [0.05, 0.1) is 18.0 Å². The lowest BCUT2D eigenvalue weighted by Gasteiger charge is -2.41. The number of likely N-dealkylation sites (tertiary alicyclic amines) is 1. The van der Waals surface area contributed by atoms with Gasteiger partial charge in [0.25, 0.3) is 0 Å². The van der Waals surface area contributed by atoms with Gasteiger partial charge in [-0.05, 0) is 25.0 Å². The van der Waals surface area contributed by atoms with Crippen molar-refractivity contribution in [2.45, 2.75) is 25.3 Å². The molecule has 1 aromatic rings. The summed E-state index contributed by atoms with van der Waals surface area (Å²) in [6, 6.07) is 7.14. The Morgan fingerprint density at radius 1 is 1.32 bits per heavy atom. The van der Waals surface area contributed by atoms with Gasteiger partial charge in [-0.1, -0.05) is 12.1 Å². The van der Waals surface area contributed by atoms with Crippen LogP contribution in [-0.2, 0) is 4.74 Å². The maximum absolute atomic E-state index is 12.1. The summed E-state index contributed by atoms with van der Waals surface area (Å²) in [5.74, 6) is 0.416. The van der Waals surface area contributed by atoms with E-state index in [0.29, 0.717) is 18.6 Å². The summed E-state index contributed by atoms with van der Waals surface area (Å²) in [5, 5.41) is 0. The van der Waals surface area contributed by atoms with E-state index in [1.807, 2.05) is 11.8 Å². The van der Waals surface area contributed by atoms with Gasteiger partial charge in [0.1, 0.15) is 0 Å². The van der Waals surface area contributed by atoms with E-state index >= 15 is 0 Å². The zero-order valence-electron chi connectivity index (χ0n) is 13.3. The Kier molecular flexibility index (Phi) is 3.17. The predicted molar refractivity (Wildman–Crippen MR) is 86.8 cm³/mol. The minimum absolute atomic E-state index is 0.163. The molecule has 4 rings (SSSR count). The van der Waals surface area contributed by atoms with E-state index < -0.39 is 0 Å². The molecule has 2 atom stereocenters. The van der Waals surface area contributed by atoms with Gasteiger partial charge in [-0.25, -0.2) is 4.79 Å². The third-order valence-corrected chi connectivity index (χ3v) is 5.32. The largest absolute Gasteiger partial charge is 0.450 e. The van der Waals surface area contributed by atoms with Crippen molar-refractivity contribution in [2.24, 2.45) is 0 Å². The number of fused-ring (bicyclic) bond motifs is 3. The minimum atomic E-state index is -0.163. The molecule has 3 aliphatic heterocycles. The number of para-hydroxylation sites is 1. The summed E-state index contributed by atoms with van der Waals surface area (Å²) >= 11 is 0. The Balaban J connectivity index is 1.67. The summed E-state index contributed by atoms with van der Waals surface area (Å²) in [6.07, 6.45) is 0.866. The molecule has 0 unspecified atom stereocenters. The van der Waals surface area contributed by atoms with Crippen molar-refractivity contribution >= 4 is 17.5 Å². The van der Waals surface area contributed by atoms with Gasteiger partial charge < -0.3 is 19.4 Å². The number of rotatable bonds is 1. The molecule has 0 saturated carbocycles. The van der Waals surface area contributed by atoms with Gasteiger partial charge in [-0.3, -0.25) is 0 Å². The highest BCUT2D eigenvalue weighted by molar-refractivity contribution is 5.81. The number of amides is 1. The first-order valence-corrected chi connectivity index (χ1v) is 8.23. The van der Waals surface area contributed by atoms with E-state index in [-0.39, 0.29) is 6.09 Å². The van der Waals surface area contributed by atoms with Crippen LogP contribution in [0.25, 0.3) is 0 Å². The summed E-state index contributed by atoms with van der Waals surface area (Å²) in [4.78, 5) is 18.9. The van der Waals surface area contributed by atoms with Crippen LogP contribution in [0.2, 0.25) is 0 Å². The number of carbonyl (C=O) groups excluding carboxylic acids is 1. The van der Waals surface area contributed by atoms with Crippen LogP contribution in [0.1, 0.15) is 24.8 Å². The monoisotopic (exact) mass is 301 g/mol. The minimum Gasteiger partial charge on any atom is -0.450 e. The second-order valence-corrected chi connectivity index (χ2v) is 6.44. The molecule has 0 radical (unpaired) electrons. The molecule has 1 saturated heterocycles. The molecular weight excluding hydrogens is 278 g/mol. The number of nitrogens with zero attached hydrogens (tertiary/aromatic N) is 3. The first-order valence-electron chi connectivity index (χ1n) is 8.23. The van der Waals surface area contributed by atoms with Crippen molar-refractivity contribution in [3.05, 3.63) is 23.8 Å². The Morgan fingerprint density at radius 3 is 3.00 bits per heavy atom. The Hall–Kier alpha value is -1.91. The van der Waals surface area contributed by atoms with Crippen molar-refractivity contribution < 1.29 is 9.53 Å². The highest BCUT2D eigenvalue weighted by Gasteiger charge is 2.45. The molecule has 1 amide bonds. The van der Waals surface area contributed by atoms with E-state index in [1.54, 1.807) is 0 Å². The van der Waals surface area contributed by atoms with Crippen LogP contribution in [-0.4, -0.2) is 56.9 Å². The SMILES string of the molecule is CCOC(=O)N1CC[C@H]2[C@@H](C1)c1cccc3c1N2CCN3C. The summed E-state index contributed by atoms with van der Waals surface area (Å²) in [7, 11) is 2.17. The summed E-state index contributed by atoms with van der Waals surface area (Å²) < 4.78 is 5.19. The Bertz CT molecular complexity index is 604. The highest BCUT2D eigenvalue weighted by atomic mass is 16.6. The third-order valence-electron chi connectivity index (χ3n) is 5.32. The number of anilines is 2. The number of carbonyl (C=O) groups is 1. The smallest absolute Gasteiger partial charge is 0.409 e. The number of benzene rings is 1. The predicted octanol–water partition coefficient (Wildman–Crippen LogP) is 2.27. The lowest BCUT2D eigenvalue weighted by molar-refractivity contribution is 0.0934. The van der Waals surface area contributed by atoms with Gasteiger partial charge in [0.2, 0.25) is 0 Å². The molecule has 0 bridgehead atoms. The standard InChI is InChI=1S/C17H23N3O2/c1-3-22-17(21)19-8-7-14-13(11-19)12-5-4-6-15-16(12)20(14)10-9-18(15)2/h4-6,13-14H,3,7-11H2,1-2H3/t13-,14-/m0/s1. The molecule has 0 spiro atoms. The molecule has 5 nitrogen and oxygen atoms in total. The van der Waals surface area contributed by atoms with Crippen molar-refractivity contribution in [2.75, 3.05) is 49.6 Å². The Morgan fingerprint density at radius 2 is 2.18 bits per heavy atom. The fraction of sp³-hybridized carbons (Fsp3) is 0.588. The number of hydrogen-bond acceptors (Lipinski definition) is 4. The molecule has 0 aromatic heterocycles. The van der Waals surface area contributed by atoms with Gasteiger partial charge in [-0.2, -0.15) is 0 Å². The van der Waals surface area contributed by atoms with Gasteiger partial charge in [-0.15, -0.1) is 0 Å². The van der Waals surface area contributed by atoms with Crippen LogP contribution in [0.5, 0.6) is 0 Å². The van der Waals surface area contributed by atoms with E-state index in [0.717, 1.165) is 32.6 Å². The average Bonchev–Trinajstić information content (AvgIpc) is 2.86. The molecule has 5 heteroatoms. The average molecular weight is 301 g/mol. The van der Waals surface area contributed by atoms with Gasteiger partial charge in [0, 0.05) is 45.2 Å². The molecule has 0 aliphatic carbocycles. The molecule has 0 N–H and O–H groups in total. The zero-order valence-corrected chi connectivity index (χ0v) is 13.3. The molecule has 1 fully saturated rings. The number of likely N-dealkylation sites (N-methyl/N-ethyl adjacent to an activating group) is 1. The second-order valence-electron chi connectivity index (χ2n) is 6.44. The van der Waals surface area contributed by atoms with Crippen molar-refractivity contribution in [1.29, 1.82) is 0 Å². The van der Waals surface area contributed by atoms with E-state index in [4.69, 9.17) is 4.74 Å². The first kappa shape index (κ1) is 13.7. The summed E-state index contributed by atoms with van der Waals surface area (Å²) in [5.41, 5.74) is 4.14. The van der Waals surface area contributed by atoms with Crippen LogP contribution in [0, 0.1) is 0 Å². The van der Waals surface area contributed by atoms with E-state index in [9.17, 15) is 4.79 Å². The fourth-order valence-corrected chi connectivity index (χ4v) is 4.29. The lowest BCUT2D eigenvalue weighted by atomic mass is 9.89. The topological polar surface area (TPSA) is 36.0 Å². The first-order chi connectivity index (χ1) is 10.7. The maximum atomic E-state index is 12.1. The Labute approximate surface area is 131 Å². The molecule has 22 heavy (non-hydrogen) atoms. The quantitative estimate of drug-likeness (QED) is 0.797. The molecule has 3 heterocycles. The van der Waals surface area contributed by atoms with Crippen molar-refractivity contribution in [3.63, 3.8) is 0 Å². The van der Waals surface area contributed by atoms with E-state index in [1.165, 1.54) is 16.9 Å². The zero-order chi connectivity index (χ0) is 15.3. The maximum Gasteiger partial charge on any atom is 0.409 e. The number of piperidine rings is 1. The third kappa shape index (κ3) is 1.87. The van der Waals surface area contributed by atoms with Crippen LogP contribution in [0.4, 0.5) is 16.2 Å². The second kappa shape index (κ2) is 5.07. The summed E-state index contributed by atoms with van der Waals surface area (Å²) in [6.45, 7) is 6.04.